The van der Waals surface area contributed by atoms with Crippen LogP contribution in [0.4, 0.5) is 4.39 Å². The van der Waals surface area contributed by atoms with Gasteiger partial charge in [-0.3, -0.25) is 4.79 Å². The third-order valence-electron chi connectivity index (χ3n) is 3.97. The molecule has 0 fully saturated rings. The maximum atomic E-state index is 13.2. The number of fused-ring (bicyclic) bond motifs is 1. The molecule has 118 valence electrons. The zero-order valence-corrected chi connectivity index (χ0v) is 12.8. The zero-order valence-electron chi connectivity index (χ0n) is 12.8. The topological polar surface area (TPSA) is 61.7 Å². The lowest BCUT2D eigenvalue weighted by atomic mass is 9.88. The van der Waals surface area contributed by atoms with Crippen LogP contribution in [0.5, 0.6) is 5.75 Å². The first-order valence-corrected chi connectivity index (χ1v) is 7.50. The Bertz CT molecular complexity index is 800. The first-order chi connectivity index (χ1) is 11.0. The number of halogens is 1. The Morgan fingerprint density at radius 2 is 2.09 bits per heavy atom. The molecule has 0 unspecified atom stereocenters. The molecule has 1 amide bonds. The maximum Gasteiger partial charge on any atom is 0.271 e. The predicted molar refractivity (Wildman–Crippen MR) is 86.2 cm³/mol. The highest BCUT2D eigenvalue weighted by Crippen LogP contribution is 2.28. The number of nitrogens with one attached hydrogen (secondary N) is 1. The molecule has 0 aromatic heterocycles. The van der Waals surface area contributed by atoms with Crippen molar-refractivity contribution in [1.29, 1.82) is 0 Å². The minimum atomic E-state index is -0.459. The molecule has 0 radical (unpaired) electrons. The van der Waals surface area contributed by atoms with E-state index in [1.165, 1.54) is 24.3 Å². The fourth-order valence-electron chi connectivity index (χ4n) is 2.72. The number of nitrogens with zero attached hydrogens (tertiary/aromatic N) is 1. The normalized spacial score (nSPS) is 15.3. The van der Waals surface area contributed by atoms with E-state index in [1.54, 1.807) is 6.07 Å². The van der Waals surface area contributed by atoms with E-state index in [4.69, 9.17) is 0 Å². The molecule has 5 heteroatoms. The van der Waals surface area contributed by atoms with Crippen LogP contribution in [0.2, 0.25) is 0 Å². The number of aromatic hydroxyl groups is 1. The lowest BCUT2D eigenvalue weighted by Gasteiger charge is -2.19. The van der Waals surface area contributed by atoms with Gasteiger partial charge in [0.05, 0.1) is 5.71 Å². The van der Waals surface area contributed by atoms with Gasteiger partial charge in [-0.25, -0.2) is 9.82 Å². The third kappa shape index (κ3) is 3.23. The number of carbonyl (C=O) groups excluding carboxylic acids is 1. The number of hydrogen-bond acceptors (Lipinski definition) is 3. The van der Waals surface area contributed by atoms with Gasteiger partial charge in [0.15, 0.2) is 0 Å². The second-order valence-corrected chi connectivity index (χ2v) is 5.66. The molecular formula is C18H17FN2O2. The number of phenolic OH excluding ortho intramolecular Hbond substituents is 1. The fourth-order valence-corrected chi connectivity index (χ4v) is 2.72. The summed E-state index contributed by atoms with van der Waals surface area (Å²) in [5.74, 6) is -0.632. The standard InChI is InChI=1S/C18H17FN2O2/c1-11-8-15-12(10-17(11)22)4-3-7-16(15)20-21-18(23)13-5-2-6-14(19)9-13/h2,5-6,8-10,22H,3-4,7H2,1H3,(H,21,23)/b20-16-. The van der Waals surface area contributed by atoms with Gasteiger partial charge in [-0.2, -0.15) is 5.10 Å². The molecule has 0 atom stereocenters. The summed E-state index contributed by atoms with van der Waals surface area (Å²) in [5.41, 5.74) is 6.25. The molecule has 0 heterocycles. The molecule has 0 spiro atoms. The van der Waals surface area contributed by atoms with Gasteiger partial charge in [0.25, 0.3) is 5.91 Å². The molecule has 23 heavy (non-hydrogen) atoms. The highest BCUT2D eigenvalue weighted by Gasteiger charge is 2.18. The summed E-state index contributed by atoms with van der Waals surface area (Å²) < 4.78 is 13.2. The number of phenols is 1. The summed E-state index contributed by atoms with van der Waals surface area (Å²) >= 11 is 0. The van der Waals surface area contributed by atoms with Crippen molar-refractivity contribution in [3.63, 3.8) is 0 Å². The van der Waals surface area contributed by atoms with Crippen molar-refractivity contribution in [3.8, 4) is 5.75 Å². The van der Waals surface area contributed by atoms with E-state index in [0.29, 0.717) is 0 Å². The monoisotopic (exact) mass is 312 g/mol. The summed E-state index contributed by atoms with van der Waals surface area (Å²) in [7, 11) is 0. The molecule has 1 aliphatic carbocycles. The van der Waals surface area contributed by atoms with Crippen LogP contribution in [-0.2, 0) is 6.42 Å². The van der Waals surface area contributed by atoms with Crippen LogP contribution >= 0.6 is 0 Å². The van der Waals surface area contributed by atoms with Crippen LogP contribution in [0.15, 0.2) is 41.5 Å². The Kier molecular flexibility index (Phi) is 4.10. The number of carbonyl (C=O) groups is 1. The van der Waals surface area contributed by atoms with Crippen LogP contribution < -0.4 is 5.43 Å². The molecule has 2 N–H and O–H groups in total. The minimum absolute atomic E-state index is 0.229. The summed E-state index contributed by atoms with van der Waals surface area (Å²) in [5, 5.41) is 14.0. The van der Waals surface area contributed by atoms with Gasteiger partial charge in [0.1, 0.15) is 11.6 Å². The van der Waals surface area contributed by atoms with E-state index in [2.05, 4.69) is 10.5 Å². The van der Waals surface area contributed by atoms with Crippen molar-refractivity contribution >= 4 is 11.6 Å². The number of aryl methyl sites for hydroxylation is 2. The van der Waals surface area contributed by atoms with Crippen molar-refractivity contribution in [2.24, 2.45) is 5.10 Å². The van der Waals surface area contributed by atoms with Crippen LogP contribution in [0.1, 0.15) is 39.9 Å². The van der Waals surface area contributed by atoms with Crippen LogP contribution in [0, 0.1) is 12.7 Å². The van der Waals surface area contributed by atoms with Gasteiger partial charge < -0.3 is 5.11 Å². The molecule has 0 bridgehead atoms. The van der Waals surface area contributed by atoms with Gasteiger partial charge in [0.2, 0.25) is 0 Å². The number of benzene rings is 2. The fraction of sp³-hybridized carbons (Fsp3) is 0.222. The van der Waals surface area contributed by atoms with Crippen molar-refractivity contribution < 1.29 is 14.3 Å². The SMILES string of the molecule is Cc1cc2c(cc1O)CCC/C2=N/NC(=O)c1cccc(F)c1. The molecule has 0 aliphatic heterocycles. The van der Waals surface area contributed by atoms with Crippen molar-refractivity contribution in [2.45, 2.75) is 26.2 Å². The Hall–Kier alpha value is -2.69. The minimum Gasteiger partial charge on any atom is -0.508 e. The van der Waals surface area contributed by atoms with Gasteiger partial charge in [0, 0.05) is 11.1 Å². The highest BCUT2D eigenvalue weighted by atomic mass is 19.1. The summed E-state index contributed by atoms with van der Waals surface area (Å²) in [6, 6.07) is 9.13. The van der Waals surface area contributed by atoms with Gasteiger partial charge in [-0.05, 0) is 67.6 Å². The van der Waals surface area contributed by atoms with E-state index >= 15 is 0 Å². The highest BCUT2D eigenvalue weighted by molar-refractivity contribution is 6.04. The lowest BCUT2D eigenvalue weighted by Crippen LogP contribution is -2.22. The molecule has 2 aromatic rings. The number of rotatable bonds is 2. The van der Waals surface area contributed by atoms with E-state index in [0.717, 1.165) is 41.7 Å². The van der Waals surface area contributed by atoms with Gasteiger partial charge in [-0.15, -0.1) is 0 Å². The van der Waals surface area contributed by atoms with Crippen molar-refractivity contribution in [2.75, 3.05) is 0 Å². The zero-order chi connectivity index (χ0) is 16.4. The Morgan fingerprint density at radius 3 is 2.87 bits per heavy atom. The van der Waals surface area contributed by atoms with Crippen LogP contribution in [-0.4, -0.2) is 16.7 Å². The first-order valence-electron chi connectivity index (χ1n) is 7.50. The smallest absolute Gasteiger partial charge is 0.271 e. The molecule has 0 saturated carbocycles. The van der Waals surface area contributed by atoms with E-state index < -0.39 is 11.7 Å². The summed E-state index contributed by atoms with van der Waals surface area (Å²) in [4.78, 5) is 12.0. The van der Waals surface area contributed by atoms with Crippen molar-refractivity contribution in [1.82, 2.24) is 5.43 Å². The second kappa shape index (κ2) is 6.20. The Morgan fingerprint density at radius 1 is 1.26 bits per heavy atom. The average molecular weight is 312 g/mol. The molecule has 3 rings (SSSR count). The van der Waals surface area contributed by atoms with Gasteiger partial charge in [-0.1, -0.05) is 6.07 Å². The molecule has 2 aromatic carbocycles. The summed E-state index contributed by atoms with van der Waals surface area (Å²) in [6.07, 6.45) is 2.53. The van der Waals surface area contributed by atoms with E-state index in [-0.39, 0.29) is 11.3 Å². The largest absolute Gasteiger partial charge is 0.508 e. The van der Waals surface area contributed by atoms with Gasteiger partial charge >= 0.3 is 0 Å². The van der Waals surface area contributed by atoms with E-state index in [1.807, 2.05) is 13.0 Å². The number of hydrazone groups is 1. The van der Waals surface area contributed by atoms with Crippen LogP contribution in [0.25, 0.3) is 0 Å². The van der Waals surface area contributed by atoms with Crippen molar-refractivity contribution in [3.05, 3.63) is 64.5 Å². The molecular weight excluding hydrogens is 295 g/mol. The number of hydrogen-bond donors (Lipinski definition) is 2. The first kappa shape index (κ1) is 15.2. The quantitative estimate of drug-likeness (QED) is 0.836. The lowest BCUT2D eigenvalue weighted by molar-refractivity contribution is 0.0954. The van der Waals surface area contributed by atoms with E-state index in [9.17, 15) is 14.3 Å². The Labute approximate surface area is 133 Å². The van der Waals surface area contributed by atoms with Crippen LogP contribution in [0.3, 0.4) is 0 Å². The third-order valence-corrected chi connectivity index (χ3v) is 3.97. The summed E-state index contributed by atoms with van der Waals surface area (Å²) in [6.45, 7) is 1.83. The molecule has 4 nitrogen and oxygen atoms in total. The Balaban J connectivity index is 1.85. The predicted octanol–water partition coefficient (Wildman–Crippen LogP) is 3.31. The molecule has 1 aliphatic rings. The molecule has 0 saturated heterocycles. The maximum absolute atomic E-state index is 13.2. The second-order valence-electron chi connectivity index (χ2n) is 5.66. The average Bonchev–Trinajstić information content (AvgIpc) is 2.54. The number of amides is 1.